The highest BCUT2D eigenvalue weighted by Gasteiger charge is 2.03. The third-order valence-corrected chi connectivity index (χ3v) is 2.59. The maximum atomic E-state index is 6.07. The van der Waals surface area contributed by atoms with Crippen LogP contribution in [0.3, 0.4) is 0 Å². The lowest BCUT2D eigenvalue weighted by molar-refractivity contribution is 0.120. The third-order valence-electron chi connectivity index (χ3n) is 2.22. The molecule has 1 aromatic rings. The smallest absolute Gasteiger partial charge is 0.0593 e. The van der Waals surface area contributed by atoms with Gasteiger partial charge in [0.2, 0.25) is 0 Å². The monoisotopic (exact) mass is 227 g/mol. The van der Waals surface area contributed by atoms with Crippen LogP contribution in [0.1, 0.15) is 12.5 Å². The highest BCUT2D eigenvalue weighted by atomic mass is 35.5. The zero-order chi connectivity index (χ0) is 11.1. The van der Waals surface area contributed by atoms with Gasteiger partial charge in [-0.3, -0.25) is 4.90 Å². The molecule has 0 spiro atoms. The minimum atomic E-state index is 0.775. The van der Waals surface area contributed by atoms with Gasteiger partial charge in [0.25, 0.3) is 0 Å². The van der Waals surface area contributed by atoms with Crippen molar-refractivity contribution < 1.29 is 4.74 Å². The Labute approximate surface area is 96.8 Å². The second-order valence-corrected chi connectivity index (χ2v) is 3.93. The Balaban J connectivity index is 2.37. The van der Waals surface area contributed by atoms with E-state index < -0.39 is 0 Å². The van der Waals surface area contributed by atoms with Gasteiger partial charge in [-0.05, 0) is 25.6 Å². The molecular formula is C12H18ClNO. The van der Waals surface area contributed by atoms with E-state index in [1.807, 2.05) is 25.1 Å². The molecule has 1 aromatic carbocycles. The highest BCUT2D eigenvalue weighted by Crippen LogP contribution is 2.16. The van der Waals surface area contributed by atoms with Gasteiger partial charge in [0, 0.05) is 24.7 Å². The highest BCUT2D eigenvalue weighted by molar-refractivity contribution is 6.31. The number of rotatable bonds is 6. The topological polar surface area (TPSA) is 12.5 Å². The standard InChI is InChI=1S/C12H18ClNO/c1-3-15-9-8-14(2)10-11-6-4-5-7-12(11)13/h4-7H,3,8-10H2,1-2H3. The maximum Gasteiger partial charge on any atom is 0.0593 e. The van der Waals surface area contributed by atoms with Gasteiger partial charge in [-0.25, -0.2) is 0 Å². The van der Waals surface area contributed by atoms with Gasteiger partial charge in [-0.2, -0.15) is 0 Å². The molecule has 0 aromatic heterocycles. The summed E-state index contributed by atoms with van der Waals surface area (Å²) in [7, 11) is 2.07. The maximum absolute atomic E-state index is 6.07. The minimum Gasteiger partial charge on any atom is -0.380 e. The van der Waals surface area contributed by atoms with Gasteiger partial charge < -0.3 is 4.74 Å². The average molecular weight is 228 g/mol. The molecule has 0 N–H and O–H groups in total. The fourth-order valence-corrected chi connectivity index (χ4v) is 1.56. The minimum absolute atomic E-state index is 0.775. The molecule has 0 aliphatic carbocycles. The summed E-state index contributed by atoms with van der Waals surface area (Å²) >= 11 is 6.07. The summed E-state index contributed by atoms with van der Waals surface area (Å²) < 4.78 is 5.30. The molecule has 0 saturated heterocycles. The Morgan fingerprint density at radius 3 is 2.73 bits per heavy atom. The summed E-state index contributed by atoms with van der Waals surface area (Å²) in [5.74, 6) is 0. The number of hydrogen-bond donors (Lipinski definition) is 0. The molecule has 15 heavy (non-hydrogen) atoms. The Bertz CT molecular complexity index is 291. The van der Waals surface area contributed by atoms with E-state index in [4.69, 9.17) is 16.3 Å². The van der Waals surface area contributed by atoms with Crippen molar-refractivity contribution in [3.8, 4) is 0 Å². The fourth-order valence-electron chi connectivity index (χ4n) is 1.36. The fraction of sp³-hybridized carbons (Fsp3) is 0.500. The van der Waals surface area contributed by atoms with Crippen LogP contribution in [0.15, 0.2) is 24.3 Å². The molecule has 2 nitrogen and oxygen atoms in total. The first-order valence-electron chi connectivity index (χ1n) is 5.23. The molecule has 0 radical (unpaired) electrons. The molecule has 0 amide bonds. The lowest BCUT2D eigenvalue weighted by atomic mass is 10.2. The van der Waals surface area contributed by atoms with Crippen LogP contribution in [0.4, 0.5) is 0 Å². The lowest BCUT2D eigenvalue weighted by Gasteiger charge is -2.17. The number of hydrogen-bond acceptors (Lipinski definition) is 2. The van der Waals surface area contributed by atoms with Crippen molar-refractivity contribution in [1.29, 1.82) is 0 Å². The molecule has 0 aliphatic rings. The molecule has 0 fully saturated rings. The van der Waals surface area contributed by atoms with Crippen LogP contribution >= 0.6 is 11.6 Å². The second-order valence-electron chi connectivity index (χ2n) is 3.53. The zero-order valence-corrected chi connectivity index (χ0v) is 10.1. The molecule has 0 saturated carbocycles. The average Bonchev–Trinajstić information content (AvgIpc) is 2.22. The van der Waals surface area contributed by atoms with E-state index in [0.29, 0.717) is 0 Å². The Morgan fingerprint density at radius 2 is 2.07 bits per heavy atom. The van der Waals surface area contributed by atoms with Crippen molar-refractivity contribution in [3.05, 3.63) is 34.9 Å². The van der Waals surface area contributed by atoms with Gasteiger partial charge in [0.05, 0.1) is 6.61 Å². The van der Waals surface area contributed by atoms with E-state index >= 15 is 0 Å². The van der Waals surface area contributed by atoms with Crippen LogP contribution in [0.25, 0.3) is 0 Å². The summed E-state index contributed by atoms with van der Waals surface area (Å²) in [6, 6.07) is 7.94. The third kappa shape index (κ3) is 4.65. The van der Waals surface area contributed by atoms with Gasteiger partial charge in [0.15, 0.2) is 0 Å². The molecule has 3 heteroatoms. The SMILES string of the molecule is CCOCCN(C)Cc1ccccc1Cl. The van der Waals surface area contributed by atoms with Crippen LogP contribution in [-0.4, -0.2) is 31.7 Å². The largest absolute Gasteiger partial charge is 0.380 e. The normalized spacial score (nSPS) is 10.9. The van der Waals surface area contributed by atoms with E-state index in [1.165, 1.54) is 0 Å². The summed E-state index contributed by atoms with van der Waals surface area (Å²) in [6.45, 7) is 5.36. The van der Waals surface area contributed by atoms with Crippen LogP contribution in [0.5, 0.6) is 0 Å². The number of ether oxygens (including phenoxy) is 1. The Morgan fingerprint density at radius 1 is 1.33 bits per heavy atom. The van der Waals surface area contributed by atoms with Crippen molar-refractivity contribution in [3.63, 3.8) is 0 Å². The molecule has 0 atom stereocenters. The van der Waals surface area contributed by atoms with Crippen LogP contribution in [0, 0.1) is 0 Å². The molecular weight excluding hydrogens is 210 g/mol. The van der Waals surface area contributed by atoms with Crippen molar-refractivity contribution in [1.82, 2.24) is 4.90 Å². The summed E-state index contributed by atoms with van der Waals surface area (Å²) in [4.78, 5) is 2.21. The van der Waals surface area contributed by atoms with Gasteiger partial charge >= 0.3 is 0 Å². The van der Waals surface area contributed by atoms with E-state index in [9.17, 15) is 0 Å². The summed E-state index contributed by atoms with van der Waals surface area (Å²) in [5, 5.41) is 0.834. The quantitative estimate of drug-likeness (QED) is 0.693. The second kappa shape index (κ2) is 6.83. The van der Waals surface area contributed by atoms with E-state index in [0.717, 1.165) is 36.9 Å². The first kappa shape index (κ1) is 12.5. The number of nitrogens with zero attached hydrogens (tertiary/aromatic N) is 1. The predicted octanol–water partition coefficient (Wildman–Crippen LogP) is 2.81. The molecule has 84 valence electrons. The van der Waals surface area contributed by atoms with Crippen LogP contribution in [-0.2, 0) is 11.3 Å². The molecule has 0 bridgehead atoms. The first-order valence-corrected chi connectivity index (χ1v) is 5.61. The van der Waals surface area contributed by atoms with Crippen LogP contribution in [0.2, 0.25) is 5.02 Å². The van der Waals surface area contributed by atoms with Crippen LogP contribution < -0.4 is 0 Å². The summed E-state index contributed by atoms with van der Waals surface area (Å²) in [5.41, 5.74) is 1.16. The van der Waals surface area contributed by atoms with E-state index in [1.54, 1.807) is 0 Å². The number of likely N-dealkylation sites (N-methyl/N-ethyl adjacent to an activating group) is 1. The van der Waals surface area contributed by atoms with Crippen molar-refractivity contribution in [2.24, 2.45) is 0 Å². The molecule has 0 unspecified atom stereocenters. The molecule has 0 heterocycles. The van der Waals surface area contributed by atoms with Gasteiger partial charge in [-0.15, -0.1) is 0 Å². The van der Waals surface area contributed by atoms with E-state index in [2.05, 4.69) is 18.0 Å². The summed E-state index contributed by atoms with van der Waals surface area (Å²) in [6.07, 6.45) is 0. The lowest BCUT2D eigenvalue weighted by Crippen LogP contribution is -2.22. The predicted molar refractivity (Wildman–Crippen MR) is 64.3 cm³/mol. The van der Waals surface area contributed by atoms with E-state index in [-0.39, 0.29) is 0 Å². The van der Waals surface area contributed by atoms with Crippen molar-refractivity contribution in [2.75, 3.05) is 26.8 Å². The molecule has 1 rings (SSSR count). The first-order chi connectivity index (χ1) is 7.24. The van der Waals surface area contributed by atoms with Gasteiger partial charge in [-0.1, -0.05) is 29.8 Å². The Kier molecular flexibility index (Phi) is 5.69. The Hall–Kier alpha value is -0.570. The number of benzene rings is 1. The zero-order valence-electron chi connectivity index (χ0n) is 9.37. The van der Waals surface area contributed by atoms with Crippen molar-refractivity contribution >= 4 is 11.6 Å². The number of halogens is 1. The molecule has 0 aliphatic heterocycles. The van der Waals surface area contributed by atoms with Crippen molar-refractivity contribution in [2.45, 2.75) is 13.5 Å². The van der Waals surface area contributed by atoms with Gasteiger partial charge in [0.1, 0.15) is 0 Å².